The molecule has 2 heterocycles. The lowest BCUT2D eigenvalue weighted by molar-refractivity contribution is -0.279. The first-order valence-electron chi connectivity index (χ1n) is 19.4. The van der Waals surface area contributed by atoms with E-state index in [0.717, 1.165) is 30.4 Å². The lowest BCUT2D eigenvalue weighted by Crippen LogP contribution is -2.68. The van der Waals surface area contributed by atoms with E-state index in [1.54, 1.807) is 7.11 Å². The van der Waals surface area contributed by atoms with Crippen LogP contribution in [-0.4, -0.2) is 67.9 Å². The summed E-state index contributed by atoms with van der Waals surface area (Å²) < 4.78 is 27.0. The van der Waals surface area contributed by atoms with Crippen LogP contribution in [0.2, 0.25) is 5.04 Å². The lowest BCUT2D eigenvalue weighted by Gasteiger charge is -2.50. The Morgan fingerprint density at radius 3 is 2.08 bits per heavy atom. The van der Waals surface area contributed by atoms with Crippen molar-refractivity contribution in [2.24, 2.45) is 11.3 Å². The number of unbranched alkanes of at least 4 members (excludes halogenated alkanes) is 2. The van der Waals surface area contributed by atoms with Crippen LogP contribution in [0.4, 0.5) is 0 Å². The number of hydrogen-bond acceptors (Lipinski definition) is 7. The van der Waals surface area contributed by atoms with E-state index in [2.05, 4.69) is 76.2 Å². The average molecular weight is 735 g/mol. The molecule has 0 saturated carbocycles. The van der Waals surface area contributed by atoms with Crippen LogP contribution < -0.4 is 10.4 Å². The minimum atomic E-state index is -2.97. The fourth-order valence-corrected chi connectivity index (χ4v) is 13.1. The maximum Gasteiger partial charge on any atom is 0.311 e. The summed E-state index contributed by atoms with van der Waals surface area (Å²) in [5.74, 6) is -1.97. The van der Waals surface area contributed by atoms with Gasteiger partial charge in [-0.2, -0.15) is 0 Å². The van der Waals surface area contributed by atoms with E-state index in [9.17, 15) is 15.0 Å². The van der Waals surface area contributed by atoms with Gasteiger partial charge in [0.15, 0.2) is 5.79 Å². The van der Waals surface area contributed by atoms with E-state index in [4.69, 9.17) is 18.6 Å². The van der Waals surface area contributed by atoms with Gasteiger partial charge in [0.25, 0.3) is 8.32 Å². The number of esters is 1. The quantitative estimate of drug-likeness (QED) is 0.117. The van der Waals surface area contributed by atoms with Crippen molar-refractivity contribution in [1.82, 2.24) is 0 Å². The largest absolute Gasteiger partial charge is 0.462 e. The molecule has 288 valence electrons. The second-order valence-corrected chi connectivity index (χ2v) is 21.2. The summed E-state index contributed by atoms with van der Waals surface area (Å²) in [6, 6.07) is 21.1. The summed E-state index contributed by atoms with van der Waals surface area (Å²) in [5, 5.41) is 25.4. The number of aliphatic hydroxyl groups excluding tert-OH is 2. The number of methoxy groups -OCH3 is 1. The Hall–Kier alpha value is -2.59. The third-order valence-corrected chi connectivity index (χ3v) is 16.6. The van der Waals surface area contributed by atoms with Gasteiger partial charge in [-0.05, 0) is 53.2 Å². The highest BCUT2D eigenvalue weighted by Crippen LogP contribution is 2.44. The summed E-state index contributed by atoms with van der Waals surface area (Å²) >= 11 is 0. The van der Waals surface area contributed by atoms with E-state index >= 15 is 0 Å². The second-order valence-electron chi connectivity index (χ2n) is 17.0. The molecule has 2 bridgehead atoms. The van der Waals surface area contributed by atoms with E-state index in [-0.39, 0.29) is 35.6 Å². The number of benzene rings is 2. The molecule has 2 aromatic rings. The number of hydrogen-bond donors (Lipinski definition) is 2. The molecule has 1 fully saturated rings. The smallest absolute Gasteiger partial charge is 0.311 e. The van der Waals surface area contributed by atoms with Gasteiger partial charge in [-0.3, -0.25) is 4.79 Å². The monoisotopic (exact) mass is 734 g/mol. The Labute approximate surface area is 314 Å². The standard InChI is InChI=1S/C44H66O7Si/c1-11-12-15-20-34-26-25-31(2)40(46)43(8,9)41(47)33(4)27-32(3)38-28-35(29-44(48-10,50-38)30-39(45)49-34)51-52(42(5,6)7,36-21-16-13-17-22-36)37-23-18-14-19-24-37/h13-14,16-19,21-25,27,33-35,38,40-41,46-47H,11-12,15,20,26,28-30H2,1-10H3/b31-25+,32-27+/t33-,34+,35-,38-,40+,41+,44+/m0/s1. The molecule has 4 rings (SSSR count). The Morgan fingerprint density at radius 1 is 0.942 bits per heavy atom. The third kappa shape index (κ3) is 9.55. The zero-order valence-electron chi connectivity index (χ0n) is 33.5. The van der Waals surface area contributed by atoms with Crippen LogP contribution in [0.15, 0.2) is 84.0 Å². The molecule has 7 nitrogen and oxygen atoms in total. The van der Waals surface area contributed by atoms with Crippen LogP contribution in [0.1, 0.15) is 114 Å². The summed E-state index contributed by atoms with van der Waals surface area (Å²) in [5.41, 5.74) is 0.831. The maximum atomic E-state index is 14.0. The topological polar surface area (TPSA) is 94.5 Å². The highest BCUT2D eigenvalue weighted by Gasteiger charge is 2.54. The molecule has 0 radical (unpaired) electrons. The molecule has 8 heteroatoms. The van der Waals surface area contributed by atoms with Crippen LogP contribution in [0.3, 0.4) is 0 Å². The normalized spacial score (nSPS) is 31.5. The Balaban J connectivity index is 1.84. The number of fused-ring (bicyclic) bond motifs is 2. The van der Waals surface area contributed by atoms with Crippen LogP contribution in [0.25, 0.3) is 0 Å². The first kappa shape index (κ1) is 42.2. The molecule has 7 atom stereocenters. The fourth-order valence-electron chi connectivity index (χ4n) is 8.41. The van der Waals surface area contributed by atoms with Crippen molar-refractivity contribution in [3.63, 3.8) is 0 Å². The minimum absolute atomic E-state index is 0.0886. The van der Waals surface area contributed by atoms with Gasteiger partial charge < -0.3 is 28.8 Å². The van der Waals surface area contributed by atoms with Crippen LogP contribution in [-0.2, 0) is 23.4 Å². The molecule has 2 N–H and O–H groups in total. The van der Waals surface area contributed by atoms with Crippen molar-refractivity contribution in [2.45, 2.75) is 155 Å². The maximum absolute atomic E-state index is 14.0. The zero-order valence-corrected chi connectivity index (χ0v) is 34.5. The molecule has 0 amide bonds. The van der Waals surface area contributed by atoms with E-state index in [1.807, 2.05) is 58.9 Å². The first-order chi connectivity index (χ1) is 24.5. The summed E-state index contributed by atoms with van der Waals surface area (Å²) in [6.45, 7) is 18.6. The summed E-state index contributed by atoms with van der Waals surface area (Å²) in [7, 11) is -1.37. The van der Waals surface area contributed by atoms with Gasteiger partial charge in [0.1, 0.15) is 6.10 Å². The Morgan fingerprint density at radius 2 is 1.54 bits per heavy atom. The van der Waals surface area contributed by atoms with E-state index < -0.39 is 37.8 Å². The van der Waals surface area contributed by atoms with Gasteiger partial charge in [0, 0.05) is 37.7 Å². The van der Waals surface area contributed by atoms with Crippen molar-refractivity contribution in [1.29, 1.82) is 0 Å². The Kier molecular flexibility index (Phi) is 14.3. The Bertz CT molecular complexity index is 1460. The lowest BCUT2D eigenvalue weighted by atomic mass is 9.73. The van der Waals surface area contributed by atoms with Crippen molar-refractivity contribution < 1.29 is 33.6 Å². The number of aliphatic hydroxyl groups is 2. The minimum Gasteiger partial charge on any atom is -0.462 e. The molecule has 0 aliphatic carbocycles. The summed E-state index contributed by atoms with van der Waals surface area (Å²) in [6.07, 6.45) is 6.16. The van der Waals surface area contributed by atoms with Crippen molar-refractivity contribution in [3.8, 4) is 0 Å². The number of carbonyl (C=O) groups is 1. The average Bonchev–Trinajstić information content (AvgIpc) is 3.11. The van der Waals surface area contributed by atoms with Gasteiger partial charge in [-0.25, -0.2) is 0 Å². The van der Waals surface area contributed by atoms with Crippen LogP contribution in [0, 0.1) is 11.3 Å². The molecule has 0 aromatic heterocycles. The van der Waals surface area contributed by atoms with Crippen LogP contribution >= 0.6 is 0 Å². The molecule has 1 saturated heterocycles. The molecule has 52 heavy (non-hydrogen) atoms. The van der Waals surface area contributed by atoms with Gasteiger partial charge in [0.2, 0.25) is 0 Å². The molecular weight excluding hydrogens is 669 g/mol. The number of rotatable bonds is 9. The SMILES string of the molecule is CCCCC[C@@H]1C/C=C(\C)[C@@H](O)C(C)(C)[C@H](O)[C@@H](C)/C=C(\C)[C@@H]2C[C@H](O[Si](c3ccccc3)(c3ccccc3)C(C)(C)C)C[C@](OC)(CC(=O)O1)O2. The predicted molar refractivity (Wildman–Crippen MR) is 212 cm³/mol. The first-order valence-corrected chi connectivity index (χ1v) is 21.3. The van der Waals surface area contributed by atoms with Gasteiger partial charge >= 0.3 is 5.97 Å². The van der Waals surface area contributed by atoms with Crippen molar-refractivity contribution in [3.05, 3.63) is 84.0 Å². The zero-order chi connectivity index (χ0) is 38.3. The second kappa shape index (κ2) is 17.7. The van der Waals surface area contributed by atoms with E-state index in [0.29, 0.717) is 25.7 Å². The molecule has 0 unspecified atom stereocenters. The summed E-state index contributed by atoms with van der Waals surface area (Å²) in [4.78, 5) is 14.0. The molecule has 2 aliphatic rings. The van der Waals surface area contributed by atoms with Gasteiger partial charge in [-0.1, -0.05) is 134 Å². The third-order valence-electron chi connectivity index (χ3n) is 11.5. The van der Waals surface area contributed by atoms with Gasteiger partial charge in [-0.15, -0.1) is 0 Å². The fraction of sp³-hybridized carbons (Fsp3) is 0.614. The van der Waals surface area contributed by atoms with E-state index in [1.165, 1.54) is 10.4 Å². The number of cyclic esters (lactones) is 1. The van der Waals surface area contributed by atoms with Crippen molar-refractivity contribution in [2.75, 3.05) is 7.11 Å². The molecule has 2 aromatic carbocycles. The van der Waals surface area contributed by atoms with Gasteiger partial charge in [0.05, 0.1) is 30.8 Å². The molecular formula is C44H66O7Si. The highest BCUT2D eigenvalue weighted by atomic mass is 28.4. The van der Waals surface area contributed by atoms with Crippen LogP contribution in [0.5, 0.6) is 0 Å². The highest BCUT2D eigenvalue weighted by molar-refractivity contribution is 6.99. The molecule has 0 spiro atoms. The molecule has 2 aliphatic heterocycles. The number of carbonyl (C=O) groups excluding carboxylic acids is 1. The number of ether oxygens (including phenoxy) is 3. The predicted octanol–water partition coefficient (Wildman–Crippen LogP) is 8.02. The van der Waals surface area contributed by atoms with Crippen molar-refractivity contribution >= 4 is 24.7 Å².